The molecule has 0 spiro atoms. The molecule has 1 aliphatic carbocycles. The zero-order valence-electron chi connectivity index (χ0n) is 7.48. The Kier molecular flexibility index (Phi) is 2.54. The summed E-state index contributed by atoms with van der Waals surface area (Å²) >= 11 is 0. The van der Waals surface area contributed by atoms with Crippen molar-refractivity contribution in [2.24, 2.45) is 0 Å². The van der Waals surface area contributed by atoms with Gasteiger partial charge < -0.3 is 14.6 Å². The van der Waals surface area contributed by atoms with Gasteiger partial charge in [-0.25, -0.2) is 0 Å². The molecule has 0 amide bonds. The van der Waals surface area contributed by atoms with E-state index in [1.54, 1.807) is 6.08 Å². The van der Waals surface area contributed by atoms with Crippen LogP contribution >= 0.6 is 0 Å². The predicted octanol–water partition coefficient (Wildman–Crippen LogP) is 1.69. The van der Waals surface area contributed by atoms with Gasteiger partial charge in [-0.1, -0.05) is 0 Å². The molecule has 72 valence electrons. The lowest BCUT2D eigenvalue weighted by atomic mass is 10.2. The highest BCUT2D eigenvalue weighted by Crippen LogP contribution is 2.25. The fourth-order valence-corrected chi connectivity index (χ4v) is 1.69. The predicted molar refractivity (Wildman–Crippen MR) is 47.7 cm³/mol. The fourth-order valence-electron chi connectivity index (χ4n) is 1.69. The molecule has 1 atom stereocenters. The summed E-state index contributed by atoms with van der Waals surface area (Å²) in [4.78, 5) is 0. The maximum absolute atomic E-state index is 9.47. The second-order valence-corrected chi connectivity index (χ2v) is 3.45. The van der Waals surface area contributed by atoms with Crippen molar-refractivity contribution < 1.29 is 14.6 Å². The zero-order chi connectivity index (χ0) is 9.10. The average molecular weight is 182 g/mol. The SMILES string of the molecule is OC1C=COC=C1OC1CCCC1. The molecule has 0 aromatic carbocycles. The molecule has 2 aliphatic rings. The first kappa shape index (κ1) is 8.63. The van der Waals surface area contributed by atoms with Crippen LogP contribution in [0.25, 0.3) is 0 Å². The Morgan fingerprint density at radius 3 is 2.85 bits per heavy atom. The summed E-state index contributed by atoms with van der Waals surface area (Å²) in [5.41, 5.74) is 0. The van der Waals surface area contributed by atoms with Crippen LogP contribution in [0.4, 0.5) is 0 Å². The minimum absolute atomic E-state index is 0.274. The fraction of sp³-hybridized carbons (Fsp3) is 0.600. The van der Waals surface area contributed by atoms with E-state index in [1.165, 1.54) is 25.4 Å². The van der Waals surface area contributed by atoms with Crippen LogP contribution in [0.1, 0.15) is 25.7 Å². The van der Waals surface area contributed by atoms with Gasteiger partial charge in [-0.3, -0.25) is 0 Å². The van der Waals surface area contributed by atoms with Gasteiger partial charge in [0.15, 0.2) is 5.76 Å². The second kappa shape index (κ2) is 3.83. The van der Waals surface area contributed by atoms with E-state index in [1.807, 2.05) is 0 Å². The minimum Gasteiger partial charge on any atom is -0.488 e. The Morgan fingerprint density at radius 1 is 1.38 bits per heavy atom. The molecule has 1 saturated carbocycles. The van der Waals surface area contributed by atoms with Gasteiger partial charge in [0, 0.05) is 0 Å². The molecule has 0 aromatic heterocycles. The Balaban J connectivity index is 1.89. The van der Waals surface area contributed by atoms with Gasteiger partial charge in [0.2, 0.25) is 0 Å². The van der Waals surface area contributed by atoms with Crippen molar-refractivity contribution in [1.82, 2.24) is 0 Å². The van der Waals surface area contributed by atoms with Crippen LogP contribution < -0.4 is 0 Å². The van der Waals surface area contributed by atoms with E-state index >= 15 is 0 Å². The summed E-state index contributed by atoms with van der Waals surface area (Å²) in [5, 5.41) is 9.47. The molecule has 0 bridgehead atoms. The van der Waals surface area contributed by atoms with E-state index in [9.17, 15) is 5.11 Å². The van der Waals surface area contributed by atoms with Gasteiger partial charge in [0.25, 0.3) is 0 Å². The van der Waals surface area contributed by atoms with Crippen LogP contribution in [0, 0.1) is 0 Å². The van der Waals surface area contributed by atoms with E-state index in [0.717, 1.165) is 12.8 Å². The highest BCUT2D eigenvalue weighted by Gasteiger charge is 2.21. The lowest BCUT2D eigenvalue weighted by Gasteiger charge is -2.19. The summed E-state index contributed by atoms with van der Waals surface area (Å²) < 4.78 is 10.5. The molecular weight excluding hydrogens is 168 g/mol. The summed E-state index contributed by atoms with van der Waals surface area (Å²) in [7, 11) is 0. The maximum Gasteiger partial charge on any atom is 0.164 e. The van der Waals surface area contributed by atoms with Crippen molar-refractivity contribution in [2.75, 3.05) is 0 Å². The number of aliphatic hydroxyl groups excluding tert-OH is 1. The van der Waals surface area contributed by atoms with Gasteiger partial charge >= 0.3 is 0 Å². The summed E-state index contributed by atoms with van der Waals surface area (Å²) in [6, 6.07) is 0. The van der Waals surface area contributed by atoms with E-state index in [0.29, 0.717) is 5.76 Å². The molecule has 0 aromatic rings. The normalized spacial score (nSPS) is 28.4. The standard InChI is InChI=1S/C10H14O3/c11-9-5-6-12-7-10(9)13-8-3-1-2-4-8/h5-9,11H,1-4H2. The average Bonchev–Trinajstić information content (AvgIpc) is 2.61. The molecule has 2 rings (SSSR count). The van der Waals surface area contributed by atoms with Gasteiger partial charge in [-0.05, 0) is 31.8 Å². The molecule has 1 aliphatic heterocycles. The van der Waals surface area contributed by atoms with Crippen molar-refractivity contribution in [3.63, 3.8) is 0 Å². The number of hydrogen-bond donors (Lipinski definition) is 1. The monoisotopic (exact) mass is 182 g/mol. The van der Waals surface area contributed by atoms with Crippen LogP contribution in [0.2, 0.25) is 0 Å². The Morgan fingerprint density at radius 2 is 2.15 bits per heavy atom. The molecule has 3 nitrogen and oxygen atoms in total. The highest BCUT2D eigenvalue weighted by atomic mass is 16.5. The summed E-state index contributed by atoms with van der Waals surface area (Å²) in [6.07, 6.45) is 8.79. The van der Waals surface area contributed by atoms with Gasteiger partial charge in [0.1, 0.15) is 12.4 Å². The maximum atomic E-state index is 9.47. The van der Waals surface area contributed by atoms with Crippen molar-refractivity contribution in [3.8, 4) is 0 Å². The minimum atomic E-state index is -0.630. The van der Waals surface area contributed by atoms with Crippen LogP contribution in [0.5, 0.6) is 0 Å². The van der Waals surface area contributed by atoms with Gasteiger partial charge in [-0.2, -0.15) is 0 Å². The highest BCUT2D eigenvalue weighted by molar-refractivity contribution is 5.10. The number of hydrogen-bond acceptors (Lipinski definition) is 3. The molecular formula is C10H14O3. The lowest BCUT2D eigenvalue weighted by Crippen LogP contribution is -2.18. The van der Waals surface area contributed by atoms with Crippen molar-refractivity contribution in [2.45, 2.75) is 37.9 Å². The third kappa shape index (κ3) is 2.04. The Bertz CT molecular complexity index is 226. The molecule has 1 fully saturated rings. The smallest absolute Gasteiger partial charge is 0.164 e. The molecule has 0 saturated heterocycles. The van der Waals surface area contributed by atoms with Crippen molar-refractivity contribution >= 4 is 0 Å². The quantitative estimate of drug-likeness (QED) is 0.706. The van der Waals surface area contributed by atoms with E-state index in [4.69, 9.17) is 9.47 Å². The second-order valence-electron chi connectivity index (χ2n) is 3.45. The first-order chi connectivity index (χ1) is 6.36. The van der Waals surface area contributed by atoms with Crippen molar-refractivity contribution in [3.05, 3.63) is 24.4 Å². The molecule has 0 radical (unpaired) electrons. The molecule has 1 heterocycles. The van der Waals surface area contributed by atoms with Crippen molar-refractivity contribution in [1.29, 1.82) is 0 Å². The lowest BCUT2D eigenvalue weighted by molar-refractivity contribution is 0.0595. The topological polar surface area (TPSA) is 38.7 Å². The summed E-state index contributed by atoms with van der Waals surface area (Å²) in [6.45, 7) is 0. The van der Waals surface area contributed by atoms with E-state index in [2.05, 4.69) is 0 Å². The molecule has 13 heavy (non-hydrogen) atoms. The Hall–Kier alpha value is -0.960. The molecule has 1 N–H and O–H groups in total. The van der Waals surface area contributed by atoms with Crippen LogP contribution in [-0.2, 0) is 9.47 Å². The number of aliphatic hydroxyl groups is 1. The zero-order valence-corrected chi connectivity index (χ0v) is 7.48. The van der Waals surface area contributed by atoms with Crippen LogP contribution in [0.3, 0.4) is 0 Å². The molecule has 1 unspecified atom stereocenters. The first-order valence-corrected chi connectivity index (χ1v) is 4.73. The van der Waals surface area contributed by atoms with Crippen LogP contribution in [0.15, 0.2) is 24.4 Å². The Labute approximate surface area is 77.7 Å². The third-order valence-electron chi connectivity index (χ3n) is 2.42. The number of ether oxygens (including phenoxy) is 2. The van der Waals surface area contributed by atoms with E-state index in [-0.39, 0.29) is 6.10 Å². The summed E-state index contributed by atoms with van der Waals surface area (Å²) in [5.74, 6) is 0.536. The number of rotatable bonds is 2. The van der Waals surface area contributed by atoms with Crippen LogP contribution in [-0.4, -0.2) is 17.3 Å². The third-order valence-corrected chi connectivity index (χ3v) is 2.42. The largest absolute Gasteiger partial charge is 0.488 e. The molecule has 3 heteroatoms. The van der Waals surface area contributed by atoms with Gasteiger partial charge in [-0.15, -0.1) is 0 Å². The first-order valence-electron chi connectivity index (χ1n) is 4.73. The van der Waals surface area contributed by atoms with E-state index < -0.39 is 6.10 Å². The van der Waals surface area contributed by atoms with Gasteiger partial charge in [0.05, 0.1) is 12.4 Å².